The van der Waals surface area contributed by atoms with Crippen LogP contribution in [-0.2, 0) is 0 Å². The minimum atomic E-state index is 0.447. The summed E-state index contributed by atoms with van der Waals surface area (Å²) in [5.41, 5.74) is 2.38. The Morgan fingerprint density at radius 3 is 2.81 bits per heavy atom. The minimum Gasteiger partial charge on any atom is -0.497 e. The molecule has 1 aliphatic rings. The van der Waals surface area contributed by atoms with Gasteiger partial charge in [-0.05, 0) is 31.0 Å². The molecule has 0 bridgehead atoms. The first-order valence-electron chi connectivity index (χ1n) is 7.45. The predicted molar refractivity (Wildman–Crippen MR) is 83.5 cm³/mol. The Morgan fingerprint density at radius 2 is 2.10 bits per heavy atom. The highest BCUT2D eigenvalue weighted by Gasteiger charge is 2.17. The predicted octanol–water partition coefficient (Wildman–Crippen LogP) is 3.86. The van der Waals surface area contributed by atoms with Crippen LogP contribution in [0.25, 0.3) is 10.9 Å². The smallest absolute Gasteiger partial charge is 0.119 e. The van der Waals surface area contributed by atoms with E-state index in [0.29, 0.717) is 11.6 Å². The maximum atomic E-state index is 9.37. The second-order valence-electron chi connectivity index (χ2n) is 5.52. The van der Waals surface area contributed by atoms with Crippen molar-refractivity contribution in [2.24, 2.45) is 0 Å². The Morgan fingerprint density at radius 1 is 1.29 bits per heavy atom. The molecular weight excluding hydrogens is 262 g/mol. The Hall–Kier alpha value is -2.28. The summed E-state index contributed by atoms with van der Waals surface area (Å²) < 4.78 is 5.30. The average Bonchev–Trinajstić information content (AvgIpc) is 2.55. The third-order valence-electron chi connectivity index (χ3n) is 4.15. The molecule has 21 heavy (non-hydrogen) atoms. The van der Waals surface area contributed by atoms with Crippen LogP contribution in [0, 0.1) is 11.3 Å². The number of benzene rings is 1. The lowest BCUT2D eigenvalue weighted by molar-refractivity contribution is 0.415. The van der Waals surface area contributed by atoms with Gasteiger partial charge in [-0.2, -0.15) is 5.26 Å². The van der Waals surface area contributed by atoms with Crippen LogP contribution < -0.4 is 10.1 Å². The second-order valence-corrected chi connectivity index (χ2v) is 5.52. The quantitative estimate of drug-likeness (QED) is 0.928. The van der Waals surface area contributed by atoms with Gasteiger partial charge in [0.1, 0.15) is 11.8 Å². The number of hydrogen-bond acceptors (Lipinski definition) is 4. The number of aromatic nitrogens is 1. The molecule has 108 valence electrons. The molecule has 1 fully saturated rings. The van der Waals surface area contributed by atoms with Gasteiger partial charge in [0.05, 0.1) is 23.9 Å². The number of anilines is 1. The number of pyridine rings is 1. The molecule has 3 rings (SSSR count). The highest BCUT2D eigenvalue weighted by Crippen LogP contribution is 2.31. The minimum absolute atomic E-state index is 0.447. The maximum absolute atomic E-state index is 9.37. The van der Waals surface area contributed by atoms with E-state index in [-0.39, 0.29) is 0 Å². The molecule has 1 saturated carbocycles. The number of nitrogens with one attached hydrogen (secondary N) is 1. The van der Waals surface area contributed by atoms with Gasteiger partial charge in [-0.3, -0.25) is 4.98 Å². The molecule has 0 spiro atoms. The van der Waals surface area contributed by atoms with Crippen molar-refractivity contribution in [3.05, 3.63) is 30.0 Å². The number of methoxy groups -OCH3 is 1. The van der Waals surface area contributed by atoms with Crippen molar-refractivity contribution in [2.75, 3.05) is 12.4 Å². The summed E-state index contributed by atoms with van der Waals surface area (Å²) in [6.07, 6.45) is 7.81. The Balaban J connectivity index is 2.05. The average molecular weight is 281 g/mol. The molecule has 4 heteroatoms. The molecule has 0 amide bonds. The first-order valence-corrected chi connectivity index (χ1v) is 7.45. The fraction of sp³-hybridized carbons (Fsp3) is 0.412. The standard InChI is InChI=1S/C17H19N3O/c1-21-14-7-8-16-15(9-14)17(12(10-18)11-19-16)20-13-5-3-2-4-6-13/h7-9,11,13H,2-6H2,1H3,(H,19,20). The van der Waals surface area contributed by atoms with E-state index < -0.39 is 0 Å². The first-order chi connectivity index (χ1) is 10.3. The van der Waals surface area contributed by atoms with E-state index in [9.17, 15) is 5.26 Å². The highest BCUT2D eigenvalue weighted by atomic mass is 16.5. The zero-order valence-electron chi connectivity index (χ0n) is 12.2. The molecule has 1 N–H and O–H groups in total. The third kappa shape index (κ3) is 2.78. The van der Waals surface area contributed by atoms with Crippen LogP contribution in [0.2, 0.25) is 0 Å². The fourth-order valence-electron chi connectivity index (χ4n) is 2.99. The van der Waals surface area contributed by atoms with E-state index in [4.69, 9.17) is 4.74 Å². The van der Waals surface area contributed by atoms with Crippen molar-refractivity contribution in [1.29, 1.82) is 5.26 Å². The van der Waals surface area contributed by atoms with Crippen molar-refractivity contribution in [3.63, 3.8) is 0 Å². The fourth-order valence-corrected chi connectivity index (χ4v) is 2.99. The maximum Gasteiger partial charge on any atom is 0.119 e. The van der Waals surface area contributed by atoms with Crippen LogP contribution in [0.5, 0.6) is 5.75 Å². The zero-order valence-corrected chi connectivity index (χ0v) is 12.2. The van der Waals surface area contributed by atoms with Gasteiger partial charge in [-0.1, -0.05) is 19.3 Å². The van der Waals surface area contributed by atoms with Crippen LogP contribution in [0.3, 0.4) is 0 Å². The summed E-state index contributed by atoms with van der Waals surface area (Å²) in [5, 5.41) is 13.9. The molecule has 1 aromatic carbocycles. The largest absolute Gasteiger partial charge is 0.497 e. The number of fused-ring (bicyclic) bond motifs is 1. The van der Waals surface area contributed by atoms with E-state index in [0.717, 1.165) is 22.3 Å². The normalized spacial score (nSPS) is 15.6. The van der Waals surface area contributed by atoms with Crippen molar-refractivity contribution in [1.82, 2.24) is 4.98 Å². The lowest BCUT2D eigenvalue weighted by Gasteiger charge is -2.25. The van der Waals surface area contributed by atoms with Crippen LogP contribution in [0.1, 0.15) is 37.7 Å². The molecule has 0 aliphatic heterocycles. The van der Waals surface area contributed by atoms with Crippen molar-refractivity contribution >= 4 is 16.6 Å². The molecule has 2 aromatic rings. The van der Waals surface area contributed by atoms with Gasteiger partial charge in [-0.15, -0.1) is 0 Å². The van der Waals surface area contributed by atoms with Gasteiger partial charge in [0, 0.05) is 17.6 Å². The monoisotopic (exact) mass is 281 g/mol. The number of ether oxygens (including phenoxy) is 1. The topological polar surface area (TPSA) is 57.9 Å². The van der Waals surface area contributed by atoms with E-state index >= 15 is 0 Å². The van der Waals surface area contributed by atoms with Crippen LogP contribution in [-0.4, -0.2) is 18.1 Å². The summed E-state index contributed by atoms with van der Waals surface area (Å²) in [6, 6.07) is 8.48. The summed E-state index contributed by atoms with van der Waals surface area (Å²) >= 11 is 0. The Kier molecular flexibility index (Phi) is 3.92. The van der Waals surface area contributed by atoms with E-state index in [1.165, 1.54) is 32.1 Å². The molecule has 1 heterocycles. The second kappa shape index (κ2) is 6.01. The van der Waals surface area contributed by atoms with Gasteiger partial charge in [0.15, 0.2) is 0 Å². The highest BCUT2D eigenvalue weighted by molar-refractivity contribution is 5.95. The summed E-state index contributed by atoms with van der Waals surface area (Å²) in [6.45, 7) is 0. The number of hydrogen-bond donors (Lipinski definition) is 1. The number of rotatable bonds is 3. The molecule has 0 unspecified atom stereocenters. The van der Waals surface area contributed by atoms with Gasteiger partial charge >= 0.3 is 0 Å². The molecule has 1 aliphatic carbocycles. The first kappa shape index (κ1) is 13.7. The van der Waals surface area contributed by atoms with Crippen LogP contribution in [0.4, 0.5) is 5.69 Å². The van der Waals surface area contributed by atoms with Gasteiger partial charge < -0.3 is 10.1 Å². The van der Waals surface area contributed by atoms with E-state index in [2.05, 4.69) is 16.4 Å². The lowest BCUT2D eigenvalue weighted by atomic mass is 9.95. The van der Waals surface area contributed by atoms with Gasteiger partial charge in [0.2, 0.25) is 0 Å². The summed E-state index contributed by atoms with van der Waals surface area (Å²) in [5.74, 6) is 0.783. The zero-order chi connectivity index (χ0) is 14.7. The number of nitrogens with zero attached hydrogens (tertiary/aromatic N) is 2. The summed E-state index contributed by atoms with van der Waals surface area (Å²) in [7, 11) is 1.65. The third-order valence-corrected chi connectivity index (χ3v) is 4.15. The number of nitriles is 1. The SMILES string of the molecule is COc1ccc2ncc(C#N)c(NC3CCCCC3)c2c1. The lowest BCUT2D eigenvalue weighted by Crippen LogP contribution is -2.23. The molecule has 4 nitrogen and oxygen atoms in total. The Labute approximate surface area is 124 Å². The Bertz CT molecular complexity index is 684. The van der Waals surface area contributed by atoms with E-state index in [1.807, 2.05) is 18.2 Å². The van der Waals surface area contributed by atoms with Gasteiger partial charge in [-0.25, -0.2) is 0 Å². The molecular formula is C17H19N3O. The van der Waals surface area contributed by atoms with Crippen LogP contribution >= 0.6 is 0 Å². The van der Waals surface area contributed by atoms with Crippen molar-refractivity contribution in [2.45, 2.75) is 38.1 Å². The molecule has 1 aromatic heterocycles. The van der Waals surface area contributed by atoms with Gasteiger partial charge in [0.25, 0.3) is 0 Å². The molecule has 0 radical (unpaired) electrons. The van der Waals surface area contributed by atoms with Crippen LogP contribution in [0.15, 0.2) is 24.4 Å². The van der Waals surface area contributed by atoms with Crippen molar-refractivity contribution < 1.29 is 4.74 Å². The molecule has 0 saturated heterocycles. The molecule has 0 atom stereocenters. The van der Waals surface area contributed by atoms with E-state index in [1.54, 1.807) is 13.3 Å². The summed E-state index contributed by atoms with van der Waals surface area (Å²) in [4.78, 5) is 4.36. The van der Waals surface area contributed by atoms with Crippen molar-refractivity contribution in [3.8, 4) is 11.8 Å².